The van der Waals surface area contributed by atoms with Crippen molar-refractivity contribution in [2.75, 3.05) is 0 Å². The normalized spacial score (nSPS) is 11.1. The second-order valence-electron chi connectivity index (χ2n) is 4.54. The van der Waals surface area contributed by atoms with Gasteiger partial charge in [-0.1, -0.05) is 0 Å². The maximum atomic E-state index is 4.28. The van der Waals surface area contributed by atoms with E-state index >= 15 is 0 Å². The van der Waals surface area contributed by atoms with Crippen LogP contribution in [0.15, 0.2) is 12.3 Å². The molecule has 86 valence electrons. The predicted molar refractivity (Wildman–Crippen MR) is 65.6 cm³/mol. The second-order valence-corrected chi connectivity index (χ2v) is 4.54. The summed E-state index contributed by atoms with van der Waals surface area (Å²) in [5.74, 6) is 0. The molecule has 2 rings (SSSR count). The SMILES string of the molecule is Cc1cnn(C)c1Cc1cc(C)c(C)n1C. The van der Waals surface area contributed by atoms with Crippen molar-refractivity contribution in [3.63, 3.8) is 0 Å². The first-order valence-electron chi connectivity index (χ1n) is 5.60. The molecule has 0 amide bonds. The fourth-order valence-electron chi connectivity index (χ4n) is 2.10. The summed E-state index contributed by atoms with van der Waals surface area (Å²) in [6, 6.07) is 2.27. The molecule has 2 aromatic rings. The van der Waals surface area contributed by atoms with E-state index < -0.39 is 0 Å². The van der Waals surface area contributed by atoms with Crippen LogP contribution in [0.4, 0.5) is 0 Å². The zero-order valence-electron chi connectivity index (χ0n) is 10.7. The van der Waals surface area contributed by atoms with E-state index in [4.69, 9.17) is 0 Å². The van der Waals surface area contributed by atoms with Gasteiger partial charge in [-0.15, -0.1) is 0 Å². The van der Waals surface area contributed by atoms with Gasteiger partial charge >= 0.3 is 0 Å². The number of nitrogens with zero attached hydrogens (tertiary/aromatic N) is 3. The summed E-state index contributed by atoms with van der Waals surface area (Å²) in [7, 11) is 4.13. The molecular weight excluding hydrogens is 198 g/mol. The summed E-state index contributed by atoms with van der Waals surface area (Å²) in [5, 5.41) is 4.28. The van der Waals surface area contributed by atoms with Gasteiger partial charge < -0.3 is 4.57 Å². The van der Waals surface area contributed by atoms with Gasteiger partial charge in [0, 0.05) is 37.6 Å². The summed E-state index contributed by atoms with van der Waals surface area (Å²) >= 11 is 0. The van der Waals surface area contributed by atoms with Gasteiger partial charge in [-0.2, -0.15) is 5.10 Å². The third-order valence-electron chi connectivity index (χ3n) is 3.51. The Hall–Kier alpha value is -1.51. The van der Waals surface area contributed by atoms with Crippen LogP contribution in [0, 0.1) is 20.8 Å². The third-order valence-corrected chi connectivity index (χ3v) is 3.51. The van der Waals surface area contributed by atoms with Crippen LogP contribution in [0.5, 0.6) is 0 Å². The lowest BCUT2D eigenvalue weighted by atomic mass is 10.1. The van der Waals surface area contributed by atoms with Crippen LogP contribution in [0.25, 0.3) is 0 Å². The molecule has 0 unspecified atom stereocenters. The molecule has 0 fully saturated rings. The minimum Gasteiger partial charge on any atom is -0.351 e. The fraction of sp³-hybridized carbons (Fsp3) is 0.462. The van der Waals surface area contributed by atoms with Gasteiger partial charge in [0.05, 0.1) is 6.20 Å². The van der Waals surface area contributed by atoms with Crippen LogP contribution in [-0.2, 0) is 20.5 Å². The summed E-state index contributed by atoms with van der Waals surface area (Å²) in [5.41, 5.74) is 6.61. The Labute approximate surface area is 96.7 Å². The van der Waals surface area contributed by atoms with E-state index in [0.29, 0.717) is 0 Å². The Bertz CT molecular complexity index is 498. The van der Waals surface area contributed by atoms with Gasteiger partial charge in [0.1, 0.15) is 0 Å². The molecule has 0 radical (unpaired) electrons. The van der Waals surface area contributed by atoms with Crippen LogP contribution >= 0.6 is 0 Å². The Balaban J connectivity index is 2.38. The highest BCUT2D eigenvalue weighted by Crippen LogP contribution is 2.17. The average Bonchev–Trinajstić information content (AvgIpc) is 2.67. The molecular formula is C13H19N3. The molecule has 0 aliphatic rings. The van der Waals surface area contributed by atoms with E-state index in [1.54, 1.807) is 0 Å². The second kappa shape index (κ2) is 3.81. The van der Waals surface area contributed by atoms with Gasteiger partial charge in [0.15, 0.2) is 0 Å². The maximum Gasteiger partial charge on any atom is 0.0521 e. The Morgan fingerprint density at radius 2 is 1.81 bits per heavy atom. The molecule has 0 N–H and O–H groups in total. The first-order chi connectivity index (χ1) is 7.50. The molecule has 2 aromatic heterocycles. The molecule has 0 bridgehead atoms. The number of hydrogen-bond acceptors (Lipinski definition) is 1. The zero-order chi connectivity index (χ0) is 11.9. The molecule has 3 heteroatoms. The van der Waals surface area contributed by atoms with E-state index in [-0.39, 0.29) is 0 Å². The summed E-state index contributed by atoms with van der Waals surface area (Å²) in [4.78, 5) is 0. The highest BCUT2D eigenvalue weighted by Gasteiger charge is 2.10. The number of hydrogen-bond donors (Lipinski definition) is 0. The molecule has 3 nitrogen and oxygen atoms in total. The molecule has 0 atom stereocenters. The first-order valence-corrected chi connectivity index (χ1v) is 5.60. The van der Waals surface area contributed by atoms with Crippen molar-refractivity contribution in [2.24, 2.45) is 14.1 Å². The molecule has 16 heavy (non-hydrogen) atoms. The van der Waals surface area contributed by atoms with Crippen molar-refractivity contribution in [1.29, 1.82) is 0 Å². The van der Waals surface area contributed by atoms with Crippen molar-refractivity contribution < 1.29 is 0 Å². The number of aromatic nitrogens is 3. The maximum absolute atomic E-state index is 4.28. The Kier molecular flexibility index (Phi) is 2.62. The number of aryl methyl sites for hydroxylation is 3. The van der Waals surface area contributed by atoms with Crippen LogP contribution in [0.1, 0.15) is 28.2 Å². The standard InChI is InChI=1S/C13H19N3/c1-9-6-12(15(4)11(9)3)7-13-10(2)8-14-16(13)5/h6,8H,7H2,1-5H3. The molecule has 0 aliphatic carbocycles. The highest BCUT2D eigenvalue weighted by atomic mass is 15.3. The molecule has 2 heterocycles. The largest absolute Gasteiger partial charge is 0.351 e. The van der Waals surface area contributed by atoms with E-state index in [1.807, 2.05) is 17.9 Å². The lowest BCUT2D eigenvalue weighted by molar-refractivity contribution is 0.706. The summed E-state index contributed by atoms with van der Waals surface area (Å²) in [6.07, 6.45) is 2.88. The van der Waals surface area contributed by atoms with Crippen molar-refractivity contribution in [2.45, 2.75) is 27.2 Å². The van der Waals surface area contributed by atoms with E-state index in [1.165, 1.54) is 28.2 Å². The molecule has 0 saturated carbocycles. The lowest BCUT2D eigenvalue weighted by Gasteiger charge is -2.06. The predicted octanol–water partition coefficient (Wildman–Crippen LogP) is 2.27. The van der Waals surface area contributed by atoms with Gasteiger partial charge in [-0.3, -0.25) is 4.68 Å². The van der Waals surface area contributed by atoms with Crippen LogP contribution in [0.3, 0.4) is 0 Å². The van der Waals surface area contributed by atoms with E-state index in [9.17, 15) is 0 Å². The van der Waals surface area contributed by atoms with Crippen molar-refractivity contribution in [1.82, 2.24) is 14.3 Å². The fourth-order valence-corrected chi connectivity index (χ4v) is 2.10. The smallest absolute Gasteiger partial charge is 0.0521 e. The number of rotatable bonds is 2. The Morgan fingerprint density at radius 3 is 2.25 bits per heavy atom. The van der Waals surface area contributed by atoms with Crippen LogP contribution in [-0.4, -0.2) is 14.3 Å². The summed E-state index contributed by atoms with van der Waals surface area (Å²) < 4.78 is 4.23. The molecule has 0 aromatic carbocycles. The van der Waals surface area contributed by atoms with Crippen LogP contribution in [0.2, 0.25) is 0 Å². The molecule has 0 aliphatic heterocycles. The lowest BCUT2D eigenvalue weighted by Crippen LogP contribution is -2.04. The molecule has 0 saturated heterocycles. The Morgan fingerprint density at radius 1 is 1.12 bits per heavy atom. The summed E-state index contributed by atoms with van der Waals surface area (Å²) in [6.45, 7) is 6.44. The van der Waals surface area contributed by atoms with Crippen molar-refractivity contribution >= 4 is 0 Å². The molecule has 0 spiro atoms. The highest BCUT2D eigenvalue weighted by molar-refractivity contribution is 5.30. The van der Waals surface area contributed by atoms with Gasteiger partial charge in [0.2, 0.25) is 0 Å². The van der Waals surface area contributed by atoms with Gasteiger partial charge in [-0.05, 0) is 38.0 Å². The topological polar surface area (TPSA) is 22.8 Å². The van der Waals surface area contributed by atoms with Gasteiger partial charge in [-0.25, -0.2) is 0 Å². The van der Waals surface area contributed by atoms with Crippen LogP contribution < -0.4 is 0 Å². The monoisotopic (exact) mass is 217 g/mol. The minimum atomic E-state index is 0.952. The quantitative estimate of drug-likeness (QED) is 0.756. The van der Waals surface area contributed by atoms with Crippen molar-refractivity contribution in [3.05, 3.63) is 40.5 Å². The first kappa shape index (κ1) is 11.0. The minimum absolute atomic E-state index is 0.952. The average molecular weight is 217 g/mol. The zero-order valence-corrected chi connectivity index (χ0v) is 10.7. The van der Waals surface area contributed by atoms with Gasteiger partial charge in [0.25, 0.3) is 0 Å². The third kappa shape index (κ3) is 1.66. The van der Waals surface area contributed by atoms with E-state index in [0.717, 1.165) is 6.42 Å². The van der Waals surface area contributed by atoms with E-state index in [2.05, 4.69) is 43.6 Å². The van der Waals surface area contributed by atoms with Crippen molar-refractivity contribution in [3.8, 4) is 0 Å².